The van der Waals surface area contributed by atoms with E-state index in [0.717, 1.165) is 0 Å². The molecule has 110 valence electrons. The number of carbonyl (C=O) groups is 1. The quantitative estimate of drug-likeness (QED) is 0.733. The summed E-state index contributed by atoms with van der Waals surface area (Å²) in [7, 11) is 0. The molecule has 0 aromatic rings. The van der Waals surface area contributed by atoms with Gasteiger partial charge in [-0.25, -0.2) is 4.79 Å². The second kappa shape index (κ2) is 4.97. The zero-order valence-electron chi connectivity index (χ0n) is 11.5. The van der Waals surface area contributed by atoms with Crippen LogP contribution in [0.2, 0.25) is 0 Å². The average Bonchev–Trinajstić information content (AvgIpc) is 2.75. The molecule has 2 aliphatic rings. The molecular weight excluding hydrogens is 259 g/mol. The van der Waals surface area contributed by atoms with E-state index in [1.807, 2.05) is 0 Å². The first-order valence-corrected chi connectivity index (χ1v) is 6.18. The maximum Gasteiger partial charge on any atom is 0.495 e. The van der Waals surface area contributed by atoms with Crippen molar-refractivity contribution in [2.45, 2.75) is 57.6 Å². The Kier molecular flexibility index (Phi) is 3.83. The summed E-state index contributed by atoms with van der Waals surface area (Å²) < 4.78 is 39.0. The van der Waals surface area contributed by atoms with Crippen LogP contribution >= 0.6 is 0 Å². The Balaban J connectivity index is 2.02. The van der Waals surface area contributed by atoms with Gasteiger partial charge in [0, 0.05) is 0 Å². The van der Waals surface area contributed by atoms with Crippen molar-refractivity contribution in [2.24, 2.45) is 0 Å². The van der Waals surface area contributed by atoms with E-state index in [1.54, 1.807) is 27.7 Å². The van der Waals surface area contributed by atoms with Crippen LogP contribution in [0, 0.1) is 0 Å². The van der Waals surface area contributed by atoms with Gasteiger partial charge in [0.15, 0.2) is 11.6 Å². The molecule has 2 fully saturated rings. The summed E-state index contributed by atoms with van der Waals surface area (Å²) in [6.45, 7) is 7.19. The molecule has 0 bridgehead atoms. The van der Waals surface area contributed by atoms with Crippen LogP contribution in [0.15, 0.2) is 0 Å². The molecule has 2 heterocycles. The summed E-state index contributed by atoms with van der Waals surface area (Å²) in [5.41, 5.74) is 0. The third-order valence-corrected chi connectivity index (χ3v) is 2.98. The molecule has 3 atom stereocenters. The zero-order chi connectivity index (χ0) is 14.3. The van der Waals surface area contributed by atoms with Crippen LogP contribution in [0.5, 0.6) is 0 Å². The highest BCUT2D eigenvalue weighted by atomic mass is 19.1. The highest BCUT2D eigenvalue weighted by Gasteiger charge is 2.50. The average molecular weight is 278 g/mol. The molecule has 2 rings (SSSR count). The summed E-state index contributed by atoms with van der Waals surface area (Å²) in [6.07, 6.45) is -3.25. The van der Waals surface area contributed by atoms with E-state index < -0.39 is 30.0 Å². The molecule has 0 saturated carbocycles. The lowest BCUT2D eigenvalue weighted by atomic mass is 10.1. The lowest BCUT2D eigenvalue weighted by Gasteiger charge is -2.23. The van der Waals surface area contributed by atoms with Crippen LogP contribution in [0.3, 0.4) is 0 Å². The van der Waals surface area contributed by atoms with E-state index in [-0.39, 0.29) is 12.7 Å². The van der Waals surface area contributed by atoms with Gasteiger partial charge < -0.3 is 23.7 Å². The number of carbonyl (C=O) groups excluding carboxylic acids is 1. The smallest absolute Gasteiger partial charge is 0.437 e. The van der Waals surface area contributed by atoms with Gasteiger partial charge in [0.2, 0.25) is 0 Å². The molecule has 0 unspecified atom stereocenters. The monoisotopic (exact) mass is 278 g/mol. The lowest BCUT2D eigenvalue weighted by molar-refractivity contribution is -0.175. The van der Waals surface area contributed by atoms with E-state index in [2.05, 4.69) is 4.74 Å². The predicted molar refractivity (Wildman–Crippen MR) is 61.2 cm³/mol. The Bertz CT molecular complexity index is 356. The van der Waals surface area contributed by atoms with Crippen molar-refractivity contribution >= 4 is 6.22 Å². The van der Waals surface area contributed by atoms with Gasteiger partial charge in [0.05, 0.1) is 6.61 Å². The van der Waals surface area contributed by atoms with Crippen LogP contribution < -0.4 is 0 Å². The molecule has 7 heteroatoms. The van der Waals surface area contributed by atoms with Crippen molar-refractivity contribution in [3.63, 3.8) is 0 Å². The number of hydrogen-bond acceptors (Lipinski definition) is 6. The molecule has 0 N–H and O–H groups in total. The zero-order valence-corrected chi connectivity index (χ0v) is 11.5. The molecule has 0 aromatic heterocycles. The Morgan fingerprint density at radius 2 is 1.89 bits per heavy atom. The van der Waals surface area contributed by atoms with E-state index in [4.69, 9.17) is 18.9 Å². The third-order valence-electron chi connectivity index (χ3n) is 2.98. The summed E-state index contributed by atoms with van der Waals surface area (Å²) in [4.78, 5) is 10.3. The molecule has 0 radical (unpaired) electrons. The van der Waals surface area contributed by atoms with E-state index in [0.29, 0.717) is 6.61 Å². The lowest BCUT2D eigenvalue weighted by Crippen LogP contribution is -2.40. The van der Waals surface area contributed by atoms with E-state index >= 15 is 0 Å². The van der Waals surface area contributed by atoms with E-state index in [9.17, 15) is 9.18 Å². The topological polar surface area (TPSA) is 63.2 Å². The Labute approximate surface area is 111 Å². The van der Waals surface area contributed by atoms with Crippen LogP contribution in [0.4, 0.5) is 9.18 Å². The standard InChI is InChI=1S/C12H19FO6/c1-11(2)16-6-8(17-11)9-7(5-15-10(13)14)18-12(3,4)19-9/h7-9H,5-6H2,1-4H3/t7-,8+,9+/m1/s1. The largest absolute Gasteiger partial charge is 0.495 e. The van der Waals surface area contributed by atoms with Crippen molar-refractivity contribution in [1.82, 2.24) is 0 Å². The van der Waals surface area contributed by atoms with Crippen LogP contribution in [-0.2, 0) is 23.7 Å². The van der Waals surface area contributed by atoms with Crippen molar-refractivity contribution in [2.75, 3.05) is 13.2 Å². The second-order valence-electron chi connectivity index (χ2n) is 5.55. The normalized spacial score (nSPS) is 36.4. The molecule has 0 amide bonds. The van der Waals surface area contributed by atoms with Crippen molar-refractivity contribution in [1.29, 1.82) is 0 Å². The van der Waals surface area contributed by atoms with E-state index in [1.165, 1.54) is 0 Å². The molecule has 0 aromatic carbocycles. The van der Waals surface area contributed by atoms with Gasteiger partial charge in [-0.1, -0.05) is 0 Å². The summed E-state index contributed by atoms with van der Waals surface area (Å²) >= 11 is 0. The first-order chi connectivity index (χ1) is 8.69. The molecule has 2 aliphatic heterocycles. The SMILES string of the molecule is CC1(C)OC[C@@H]([C@H]2OC(C)(C)O[C@@H]2COC(=O)F)O1. The van der Waals surface area contributed by atoms with Gasteiger partial charge >= 0.3 is 6.22 Å². The summed E-state index contributed by atoms with van der Waals surface area (Å²) in [6, 6.07) is 0. The van der Waals surface area contributed by atoms with Gasteiger partial charge in [0.25, 0.3) is 0 Å². The molecule has 19 heavy (non-hydrogen) atoms. The minimum atomic E-state index is -1.84. The van der Waals surface area contributed by atoms with Crippen molar-refractivity contribution in [3.8, 4) is 0 Å². The molecular formula is C12H19FO6. The van der Waals surface area contributed by atoms with Crippen molar-refractivity contribution < 1.29 is 32.9 Å². The highest BCUT2D eigenvalue weighted by molar-refractivity contribution is 5.57. The number of halogens is 1. The molecule has 2 saturated heterocycles. The Hall–Kier alpha value is -0.760. The van der Waals surface area contributed by atoms with Gasteiger partial charge in [-0.3, -0.25) is 0 Å². The molecule has 0 aliphatic carbocycles. The van der Waals surface area contributed by atoms with Crippen LogP contribution in [-0.4, -0.2) is 49.3 Å². The molecule has 0 spiro atoms. The minimum Gasteiger partial charge on any atom is -0.437 e. The van der Waals surface area contributed by atoms with Gasteiger partial charge in [0.1, 0.15) is 24.9 Å². The fraction of sp³-hybridized carbons (Fsp3) is 0.917. The van der Waals surface area contributed by atoms with Gasteiger partial charge in [-0.15, -0.1) is 4.39 Å². The Morgan fingerprint density at radius 3 is 2.42 bits per heavy atom. The maximum atomic E-state index is 12.2. The summed E-state index contributed by atoms with van der Waals surface area (Å²) in [5, 5.41) is 0. The number of hydrogen-bond donors (Lipinski definition) is 0. The highest BCUT2D eigenvalue weighted by Crippen LogP contribution is 2.35. The fourth-order valence-corrected chi connectivity index (χ4v) is 2.33. The van der Waals surface area contributed by atoms with Crippen LogP contribution in [0.1, 0.15) is 27.7 Å². The van der Waals surface area contributed by atoms with Gasteiger partial charge in [-0.05, 0) is 27.7 Å². The first kappa shape index (κ1) is 14.6. The van der Waals surface area contributed by atoms with Crippen molar-refractivity contribution in [3.05, 3.63) is 0 Å². The van der Waals surface area contributed by atoms with Gasteiger partial charge in [-0.2, -0.15) is 0 Å². The van der Waals surface area contributed by atoms with Crippen LogP contribution in [0.25, 0.3) is 0 Å². The first-order valence-electron chi connectivity index (χ1n) is 6.18. The second-order valence-corrected chi connectivity index (χ2v) is 5.55. The third kappa shape index (κ3) is 3.62. The number of ether oxygens (including phenoxy) is 5. The predicted octanol–water partition coefficient (Wildman–Crippen LogP) is 1.76. The fourth-order valence-electron chi connectivity index (χ4n) is 2.33. The summed E-state index contributed by atoms with van der Waals surface area (Å²) in [5.74, 6) is -1.53. The molecule has 6 nitrogen and oxygen atoms in total. The maximum absolute atomic E-state index is 12.2. The number of rotatable bonds is 3. The minimum absolute atomic E-state index is 0.219. The Morgan fingerprint density at radius 1 is 1.21 bits per heavy atom.